The van der Waals surface area contributed by atoms with Crippen LogP contribution in [0.5, 0.6) is 0 Å². The van der Waals surface area contributed by atoms with E-state index < -0.39 is 64.6 Å². The van der Waals surface area contributed by atoms with E-state index in [1.165, 1.54) is 29.2 Å². The van der Waals surface area contributed by atoms with Crippen molar-refractivity contribution in [2.75, 3.05) is 0 Å². The van der Waals surface area contributed by atoms with Crippen molar-refractivity contribution in [3.63, 3.8) is 0 Å². The first-order valence-electron chi connectivity index (χ1n) is 25.7. The van der Waals surface area contributed by atoms with E-state index in [-0.39, 0.29) is 71.9 Å². The van der Waals surface area contributed by atoms with Gasteiger partial charge in [0.05, 0.1) is 16.1 Å². The number of rotatable bonds is 13. The SMILES string of the molecule is Cc1cccc(C([Si](C)(C)C)[Si](C)(C)C)n1.Cc1cccc([C-]([Si](C)(C)C)[Si](C)(C)C)n1.Cc1cccc([C-]([Si](C)(C)C)[Si](C)(C)C)n1.Cc1cccc([C-]([Si](C)(C)C)[Si](C)(C)C)n1.[CH2-]CCC.[Cl][Cu].[Cu+].[Cu+].[Li+].[Li+]. The molecule has 0 spiro atoms. The second kappa shape index (κ2) is 37.2. The molecule has 424 valence electrons. The molecule has 0 aliphatic rings. The van der Waals surface area contributed by atoms with Gasteiger partial charge < -0.3 is 6.92 Å². The van der Waals surface area contributed by atoms with Crippen LogP contribution in [0.2, 0.25) is 157 Å². The minimum absolute atomic E-state index is 0. The van der Waals surface area contributed by atoms with E-state index in [9.17, 15) is 0 Å². The maximum absolute atomic E-state index is 4.78. The first kappa shape index (κ1) is 86.3. The molecular weight excluding hydrogens is 1190 g/mol. The third-order valence-corrected chi connectivity index (χ3v) is 44.5. The number of pyridine rings is 4. The molecule has 0 saturated carbocycles. The zero-order chi connectivity index (χ0) is 55.7. The molecule has 74 heavy (non-hydrogen) atoms. The fourth-order valence-electron chi connectivity index (χ4n) is 10.6. The summed E-state index contributed by atoms with van der Waals surface area (Å²) in [7, 11) is -5.79. The summed E-state index contributed by atoms with van der Waals surface area (Å²) in [5.41, 5.74) is 9.68. The van der Waals surface area contributed by atoms with Crippen LogP contribution in [0.3, 0.4) is 0 Å². The molecule has 0 aliphatic carbocycles. The first-order chi connectivity index (χ1) is 31.4. The number of hydrogen-bond donors (Lipinski definition) is 0. The summed E-state index contributed by atoms with van der Waals surface area (Å²) in [4.78, 5) is 19.0. The Morgan fingerprint density at radius 2 is 0.595 bits per heavy atom. The van der Waals surface area contributed by atoms with Crippen LogP contribution < -0.4 is 37.7 Å². The van der Waals surface area contributed by atoms with Crippen LogP contribution in [0.15, 0.2) is 72.8 Å². The zero-order valence-corrected chi connectivity index (χ0v) is 64.8. The van der Waals surface area contributed by atoms with E-state index in [0.717, 1.165) is 34.4 Å². The van der Waals surface area contributed by atoms with Gasteiger partial charge in [0.25, 0.3) is 0 Å². The molecule has 4 rings (SSSR count). The number of aromatic nitrogens is 4. The Kier molecular flexibility index (Phi) is 43.3. The molecule has 4 aromatic rings. The molecule has 0 fully saturated rings. The van der Waals surface area contributed by atoms with Gasteiger partial charge in [-0.25, -0.2) is 0 Å². The van der Waals surface area contributed by atoms with Crippen LogP contribution in [-0.2, 0) is 49.2 Å². The fraction of sp³-hybridized carbons (Fsp3) is 0.571. The standard InChI is InChI=1S/C13H25NSi2.3C13H24NSi2.C4H9.ClH.3Cu.2Li/c4*1-11-9-8-10-12(14-11)13(15(2,3)4)16(5,6)7;1-3-4-2;;;;;;/h8-10,13H,1-7H3;3*8-10H,1-7H3;1,3-4H2,2H3;1H;;;;;/q;4*-1;;5*+1/p-1. The number of halogens is 1. The third kappa shape index (κ3) is 33.7. The van der Waals surface area contributed by atoms with Gasteiger partial charge in [0.2, 0.25) is 0 Å². The summed E-state index contributed by atoms with van der Waals surface area (Å²) < 4.78 is 0. The number of aryl methyl sites for hydroxylation is 4. The fourth-order valence-corrected chi connectivity index (χ4v) is 55.6. The van der Waals surface area contributed by atoms with Gasteiger partial charge >= 0.3 is 97.1 Å². The Bertz CT molecular complexity index is 1750. The van der Waals surface area contributed by atoms with Gasteiger partial charge in [0.1, 0.15) is 0 Å². The van der Waals surface area contributed by atoms with Crippen LogP contribution in [0.25, 0.3) is 0 Å². The molecule has 4 aromatic heterocycles. The minimum atomic E-state index is -1.27. The molecule has 0 atom stereocenters. The Morgan fingerprint density at radius 3 is 0.743 bits per heavy atom. The summed E-state index contributed by atoms with van der Waals surface area (Å²) in [6.07, 6.45) is 2.28. The molecule has 0 unspecified atom stereocenters. The maximum atomic E-state index is 4.78. The van der Waals surface area contributed by atoms with Crippen molar-refractivity contribution in [2.24, 2.45) is 0 Å². The van der Waals surface area contributed by atoms with Gasteiger partial charge in [-0.05, 0) is 93.4 Å². The van der Waals surface area contributed by atoms with E-state index >= 15 is 0 Å². The topological polar surface area (TPSA) is 51.6 Å². The van der Waals surface area contributed by atoms with E-state index in [1.807, 2.05) is 0 Å². The quantitative estimate of drug-likeness (QED) is 0.0989. The number of unbranched alkanes of at least 4 members (excludes halogenated alkanes) is 1. The van der Waals surface area contributed by atoms with E-state index in [4.69, 9.17) is 19.9 Å². The molecule has 4 nitrogen and oxygen atoms in total. The summed E-state index contributed by atoms with van der Waals surface area (Å²) in [6, 6.07) is 25.7. The van der Waals surface area contributed by atoms with E-state index in [0.29, 0.717) is 0 Å². The van der Waals surface area contributed by atoms with Crippen molar-refractivity contribution < 1.29 is 87.0 Å². The van der Waals surface area contributed by atoms with Crippen molar-refractivity contribution in [2.45, 2.75) is 210 Å². The summed E-state index contributed by atoms with van der Waals surface area (Å²) in [5, 5.41) is 5.84. The average molecular weight is 1300 g/mol. The van der Waals surface area contributed by atoms with Gasteiger partial charge in [-0.15, -0.1) is 18.2 Å². The largest absolute Gasteiger partial charge is 1.00 e. The monoisotopic (exact) mass is 1300 g/mol. The van der Waals surface area contributed by atoms with E-state index in [1.54, 1.807) is 15.5 Å². The maximum Gasteiger partial charge on any atom is 1.00 e. The van der Waals surface area contributed by atoms with Crippen LogP contribution in [0.1, 0.15) is 70.5 Å². The zero-order valence-electron chi connectivity index (χ0n) is 53.2. The van der Waals surface area contributed by atoms with Gasteiger partial charge in [-0.1, -0.05) is 212 Å². The second-order valence-corrected chi connectivity index (χ2v) is 70.0. The normalized spacial score (nSPS) is 11.6. The average Bonchev–Trinajstić information content (AvgIpc) is 3.12. The van der Waals surface area contributed by atoms with Crippen molar-refractivity contribution in [1.82, 2.24) is 19.9 Å². The molecule has 0 bridgehead atoms. The minimum Gasteiger partial charge on any atom is 1.00 e. The molecule has 0 radical (unpaired) electrons. The predicted octanol–water partition coefficient (Wildman–Crippen LogP) is 12.7. The van der Waals surface area contributed by atoms with E-state index in [2.05, 4.69) is 297 Å². The summed E-state index contributed by atoms with van der Waals surface area (Å²) in [5.74, 6) is 0. The molecular formula is C56H106ClCu3Li2N4Si8. The van der Waals surface area contributed by atoms with Gasteiger partial charge in [-0.3, -0.25) is 19.9 Å². The third-order valence-electron chi connectivity index (χ3n) is 11.2. The number of hydrogen-bond acceptors (Lipinski definition) is 4. The predicted molar refractivity (Wildman–Crippen MR) is 339 cm³/mol. The van der Waals surface area contributed by atoms with Crippen LogP contribution >= 0.6 is 10.1 Å². The Balaban J connectivity index is -0.000000197. The Hall–Kier alpha value is 0.988. The smallest absolute Gasteiger partial charge is 1.00 e. The second-order valence-electron chi connectivity index (χ2n) is 27.3. The molecule has 0 aromatic carbocycles. The summed E-state index contributed by atoms with van der Waals surface area (Å²) in [6.45, 7) is 72.7. The van der Waals surface area contributed by atoms with Crippen molar-refractivity contribution in [3.05, 3.63) is 141 Å². The van der Waals surface area contributed by atoms with Crippen LogP contribution in [-0.4, -0.2) is 84.5 Å². The molecule has 0 N–H and O–H groups in total. The van der Waals surface area contributed by atoms with Gasteiger partial charge in [0, 0.05) is 28.5 Å². The molecule has 0 amide bonds. The Labute approximate surface area is 526 Å². The number of nitrogens with zero attached hydrogens (tertiary/aromatic N) is 4. The van der Waals surface area contributed by atoms with Gasteiger partial charge in [-0.2, -0.15) is 40.1 Å². The molecule has 4 heterocycles. The van der Waals surface area contributed by atoms with Crippen molar-refractivity contribution >= 4 is 74.7 Å². The van der Waals surface area contributed by atoms with Crippen LogP contribution in [0, 0.1) is 50.1 Å². The molecule has 0 aliphatic heterocycles. The van der Waals surface area contributed by atoms with Gasteiger partial charge in [0.15, 0.2) is 0 Å². The summed E-state index contributed by atoms with van der Waals surface area (Å²) >= 11 is 3.66. The first-order valence-corrected chi connectivity index (χ1v) is 55.2. The van der Waals surface area contributed by atoms with Crippen molar-refractivity contribution in [1.29, 1.82) is 0 Å². The Morgan fingerprint density at radius 1 is 0.405 bits per heavy atom. The molecule has 0 saturated heterocycles. The van der Waals surface area contributed by atoms with Crippen LogP contribution in [0.4, 0.5) is 0 Å². The molecule has 18 heteroatoms. The van der Waals surface area contributed by atoms with Crippen molar-refractivity contribution in [3.8, 4) is 0 Å².